The van der Waals surface area contributed by atoms with Gasteiger partial charge in [-0.2, -0.15) is 0 Å². The van der Waals surface area contributed by atoms with Crippen molar-refractivity contribution in [3.63, 3.8) is 0 Å². The summed E-state index contributed by atoms with van der Waals surface area (Å²) in [6, 6.07) is 6.71. The van der Waals surface area contributed by atoms with Crippen molar-refractivity contribution in [2.45, 2.75) is 25.3 Å². The summed E-state index contributed by atoms with van der Waals surface area (Å²) in [6.45, 7) is 3.80. The van der Waals surface area contributed by atoms with Crippen LogP contribution in [0.5, 0.6) is 0 Å². The van der Waals surface area contributed by atoms with Crippen molar-refractivity contribution in [3.05, 3.63) is 35.4 Å². The lowest BCUT2D eigenvalue weighted by Crippen LogP contribution is -2.39. The van der Waals surface area contributed by atoms with Crippen LogP contribution in [0.1, 0.15) is 40.0 Å². The van der Waals surface area contributed by atoms with Crippen LogP contribution in [-0.2, 0) is 0 Å². The van der Waals surface area contributed by atoms with Crippen LogP contribution in [0.25, 0.3) is 0 Å². The first-order valence-corrected chi connectivity index (χ1v) is 7.52. The number of carbonyl (C=O) groups excluding carboxylic acids is 1. The molecule has 1 N–H and O–H groups in total. The molecular weight excluding hydrogens is 268 g/mol. The number of amides is 1. The smallest absolute Gasteiger partial charge is 0.335 e. The minimum Gasteiger partial charge on any atom is -0.478 e. The SMILES string of the molecule is O=C(O)c1ccc(C(=O)N2CCCN3CCCC3C2)cc1. The van der Waals surface area contributed by atoms with Gasteiger partial charge in [0, 0.05) is 31.2 Å². The lowest BCUT2D eigenvalue weighted by Gasteiger charge is -2.25. The van der Waals surface area contributed by atoms with E-state index in [0.29, 0.717) is 11.6 Å². The van der Waals surface area contributed by atoms with Crippen LogP contribution in [0.15, 0.2) is 24.3 Å². The Kier molecular flexibility index (Phi) is 3.92. The number of benzene rings is 1. The highest BCUT2D eigenvalue weighted by Crippen LogP contribution is 2.22. The van der Waals surface area contributed by atoms with Crippen LogP contribution < -0.4 is 0 Å². The molecule has 0 radical (unpaired) electrons. The highest BCUT2D eigenvalue weighted by atomic mass is 16.4. The normalized spacial score (nSPS) is 22.7. The van der Waals surface area contributed by atoms with E-state index in [0.717, 1.165) is 32.6 Å². The van der Waals surface area contributed by atoms with Crippen molar-refractivity contribution in [2.24, 2.45) is 0 Å². The predicted molar refractivity (Wildman–Crippen MR) is 78.5 cm³/mol. The molecule has 0 bridgehead atoms. The highest BCUT2D eigenvalue weighted by molar-refractivity contribution is 5.96. The molecule has 1 amide bonds. The molecule has 2 fully saturated rings. The van der Waals surface area contributed by atoms with Gasteiger partial charge in [0.05, 0.1) is 5.56 Å². The quantitative estimate of drug-likeness (QED) is 0.899. The number of nitrogens with zero attached hydrogens (tertiary/aromatic N) is 2. The first kappa shape index (κ1) is 14.1. The van der Waals surface area contributed by atoms with Gasteiger partial charge in [0.1, 0.15) is 0 Å². The second-order valence-corrected chi connectivity index (χ2v) is 5.82. The Bertz CT molecular complexity index is 541. The lowest BCUT2D eigenvalue weighted by molar-refractivity contribution is 0.0693. The maximum Gasteiger partial charge on any atom is 0.335 e. The molecule has 2 aliphatic rings. The number of hydrogen-bond acceptors (Lipinski definition) is 3. The molecule has 112 valence electrons. The topological polar surface area (TPSA) is 60.9 Å². The molecule has 0 spiro atoms. The minimum atomic E-state index is -0.967. The van der Waals surface area contributed by atoms with E-state index in [2.05, 4.69) is 4.90 Å². The molecule has 2 aliphatic heterocycles. The van der Waals surface area contributed by atoms with E-state index in [-0.39, 0.29) is 11.5 Å². The Morgan fingerprint density at radius 1 is 1.00 bits per heavy atom. The van der Waals surface area contributed by atoms with Crippen LogP contribution in [0.2, 0.25) is 0 Å². The average Bonchev–Trinajstić information content (AvgIpc) is 2.83. The van der Waals surface area contributed by atoms with Crippen LogP contribution in [0.3, 0.4) is 0 Å². The molecule has 2 saturated heterocycles. The van der Waals surface area contributed by atoms with E-state index in [1.807, 2.05) is 4.90 Å². The largest absolute Gasteiger partial charge is 0.478 e. The summed E-state index contributed by atoms with van der Waals surface area (Å²) < 4.78 is 0. The molecule has 1 aromatic carbocycles. The number of fused-ring (bicyclic) bond motifs is 1. The molecule has 1 atom stereocenters. The molecule has 0 aromatic heterocycles. The van der Waals surface area contributed by atoms with Gasteiger partial charge in [-0.25, -0.2) is 4.79 Å². The Morgan fingerprint density at radius 3 is 2.38 bits per heavy atom. The van der Waals surface area contributed by atoms with E-state index < -0.39 is 5.97 Å². The maximum atomic E-state index is 12.6. The summed E-state index contributed by atoms with van der Waals surface area (Å²) in [4.78, 5) is 27.8. The van der Waals surface area contributed by atoms with Gasteiger partial charge in [0.2, 0.25) is 0 Å². The molecular formula is C16H20N2O3. The monoisotopic (exact) mass is 288 g/mol. The van der Waals surface area contributed by atoms with E-state index >= 15 is 0 Å². The fourth-order valence-electron chi connectivity index (χ4n) is 3.33. The van der Waals surface area contributed by atoms with Gasteiger partial charge in [-0.15, -0.1) is 0 Å². The summed E-state index contributed by atoms with van der Waals surface area (Å²) in [5, 5.41) is 8.90. The van der Waals surface area contributed by atoms with Crippen LogP contribution in [0, 0.1) is 0 Å². The third-order valence-electron chi connectivity index (χ3n) is 4.47. The molecule has 5 nitrogen and oxygen atoms in total. The minimum absolute atomic E-state index is 0.0145. The highest BCUT2D eigenvalue weighted by Gasteiger charge is 2.30. The van der Waals surface area contributed by atoms with E-state index in [1.54, 1.807) is 12.1 Å². The van der Waals surface area contributed by atoms with Crippen molar-refractivity contribution in [3.8, 4) is 0 Å². The Balaban J connectivity index is 1.73. The number of aromatic carboxylic acids is 1. The van der Waals surface area contributed by atoms with Crippen molar-refractivity contribution in [2.75, 3.05) is 26.2 Å². The number of carboxylic acid groups (broad SMARTS) is 1. The van der Waals surface area contributed by atoms with Gasteiger partial charge < -0.3 is 10.0 Å². The first-order valence-electron chi connectivity index (χ1n) is 7.52. The maximum absolute atomic E-state index is 12.6. The Labute approximate surface area is 124 Å². The molecule has 1 aromatic rings. The van der Waals surface area contributed by atoms with Crippen molar-refractivity contribution in [1.29, 1.82) is 0 Å². The molecule has 2 heterocycles. The zero-order valence-corrected chi connectivity index (χ0v) is 12.0. The summed E-state index contributed by atoms with van der Waals surface area (Å²) >= 11 is 0. The standard InChI is InChI=1S/C16H20N2O3/c19-15(12-4-6-13(7-5-12)16(20)21)18-10-2-9-17-8-1-3-14(17)11-18/h4-7,14H,1-3,8-11H2,(H,20,21). The van der Waals surface area contributed by atoms with E-state index in [9.17, 15) is 9.59 Å². The van der Waals surface area contributed by atoms with Crippen molar-refractivity contribution >= 4 is 11.9 Å². The predicted octanol–water partition coefficient (Wildman–Crippen LogP) is 1.70. The van der Waals surface area contributed by atoms with Crippen molar-refractivity contribution < 1.29 is 14.7 Å². The fourth-order valence-corrected chi connectivity index (χ4v) is 3.33. The van der Waals surface area contributed by atoms with Gasteiger partial charge in [-0.1, -0.05) is 0 Å². The summed E-state index contributed by atoms with van der Waals surface area (Å²) in [7, 11) is 0. The van der Waals surface area contributed by atoms with Gasteiger partial charge in [0.25, 0.3) is 5.91 Å². The second kappa shape index (κ2) is 5.85. The molecule has 0 saturated carbocycles. The van der Waals surface area contributed by atoms with E-state index in [1.165, 1.54) is 25.0 Å². The van der Waals surface area contributed by atoms with Crippen molar-refractivity contribution in [1.82, 2.24) is 9.80 Å². The number of carboxylic acids is 1. The van der Waals surface area contributed by atoms with Gasteiger partial charge >= 0.3 is 5.97 Å². The third kappa shape index (κ3) is 2.93. The van der Waals surface area contributed by atoms with Crippen LogP contribution in [0.4, 0.5) is 0 Å². The third-order valence-corrected chi connectivity index (χ3v) is 4.47. The van der Waals surface area contributed by atoms with Gasteiger partial charge in [-0.3, -0.25) is 9.69 Å². The zero-order chi connectivity index (χ0) is 14.8. The lowest BCUT2D eigenvalue weighted by atomic mass is 10.1. The summed E-state index contributed by atoms with van der Waals surface area (Å²) in [6.07, 6.45) is 3.40. The Morgan fingerprint density at radius 2 is 1.67 bits per heavy atom. The Hall–Kier alpha value is -1.88. The van der Waals surface area contributed by atoms with Crippen LogP contribution >= 0.6 is 0 Å². The first-order chi connectivity index (χ1) is 10.1. The van der Waals surface area contributed by atoms with Gasteiger partial charge in [0.15, 0.2) is 0 Å². The summed E-state index contributed by atoms with van der Waals surface area (Å²) in [5.41, 5.74) is 0.788. The molecule has 21 heavy (non-hydrogen) atoms. The molecule has 5 heteroatoms. The second-order valence-electron chi connectivity index (χ2n) is 5.82. The number of carbonyl (C=O) groups is 2. The molecule has 3 rings (SSSR count). The number of rotatable bonds is 2. The fraction of sp³-hybridized carbons (Fsp3) is 0.500. The van der Waals surface area contributed by atoms with Crippen LogP contribution in [-0.4, -0.2) is 59.0 Å². The average molecular weight is 288 g/mol. The van der Waals surface area contributed by atoms with Gasteiger partial charge in [-0.05, 0) is 50.1 Å². The molecule has 1 unspecified atom stereocenters. The zero-order valence-electron chi connectivity index (χ0n) is 12.0. The summed E-state index contributed by atoms with van der Waals surface area (Å²) in [5.74, 6) is -0.953. The van der Waals surface area contributed by atoms with E-state index in [4.69, 9.17) is 5.11 Å². The molecule has 0 aliphatic carbocycles. The number of hydrogen-bond donors (Lipinski definition) is 1.